The molecule has 1 atom stereocenters. The van der Waals surface area contributed by atoms with Crippen molar-refractivity contribution in [2.24, 2.45) is 7.05 Å². The van der Waals surface area contributed by atoms with Gasteiger partial charge in [0.1, 0.15) is 5.69 Å². The number of hydrogen-bond donors (Lipinski definition) is 2. The summed E-state index contributed by atoms with van der Waals surface area (Å²) in [7, 11) is 1.76. The summed E-state index contributed by atoms with van der Waals surface area (Å²) >= 11 is 0. The van der Waals surface area contributed by atoms with E-state index < -0.39 is 0 Å². The molecular weight excluding hydrogens is 290 g/mol. The van der Waals surface area contributed by atoms with E-state index >= 15 is 0 Å². The maximum absolute atomic E-state index is 12.5. The normalized spacial score (nSPS) is 12.0. The molecule has 6 heteroatoms. The molecule has 3 rings (SSSR count). The number of hydrogen-bond acceptors (Lipinski definition) is 3. The van der Waals surface area contributed by atoms with E-state index in [9.17, 15) is 4.79 Å². The van der Waals surface area contributed by atoms with E-state index in [2.05, 4.69) is 32.5 Å². The van der Waals surface area contributed by atoms with Gasteiger partial charge in [0, 0.05) is 37.6 Å². The van der Waals surface area contributed by atoms with Gasteiger partial charge in [-0.15, -0.1) is 0 Å². The van der Waals surface area contributed by atoms with Crippen LogP contribution in [0.3, 0.4) is 0 Å². The number of aryl methyl sites for hydroxylation is 1. The zero-order valence-corrected chi connectivity index (χ0v) is 12.9. The van der Waals surface area contributed by atoms with Crippen LogP contribution in [0.1, 0.15) is 21.7 Å². The zero-order valence-electron chi connectivity index (χ0n) is 12.9. The van der Waals surface area contributed by atoms with Gasteiger partial charge in [-0.1, -0.05) is 30.3 Å². The van der Waals surface area contributed by atoms with Crippen LogP contribution in [-0.4, -0.2) is 31.7 Å². The first kappa shape index (κ1) is 15.0. The number of rotatable bonds is 6. The molecule has 0 radical (unpaired) electrons. The Balaban J connectivity index is 1.74. The van der Waals surface area contributed by atoms with Gasteiger partial charge in [0.2, 0.25) is 0 Å². The van der Waals surface area contributed by atoms with Crippen molar-refractivity contribution < 1.29 is 4.79 Å². The van der Waals surface area contributed by atoms with Crippen molar-refractivity contribution in [2.45, 2.75) is 18.9 Å². The van der Waals surface area contributed by atoms with Crippen molar-refractivity contribution in [2.75, 3.05) is 0 Å². The van der Waals surface area contributed by atoms with Crippen LogP contribution in [0, 0.1) is 0 Å². The van der Waals surface area contributed by atoms with E-state index in [0.29, 0.717) is 12.1 Å². The van der Waals surface area contributed by atoms with Crippen molar-refractivity contribution in [3.63, 3.8) is 0 Å². The molecule has 23 heavy (non-hydrogen) atoms. The highest BCUT2D eigenvalue weighted by atomic mass is 16.2. The lowest BCUT2D eigenvalue weighted by atomic mass is 10.0. The number of benzene rings is 1. The molecule has 0 spiro atoms. The summed E-state index contributed by atoms with van der Waals surface area (Å²) in [6.07, 6.45) is 6.50. The molecule has 0 aliphatic rings. The van der Waals surface area contributed by atoms with E-state index in [4.69, 9.17) is 0 Å². The van der Waals surface area contributed by atoms with Crippen molar-refractivity contribution in [1.29, 1.82) is 0 Å². The summed E-state index contributed by atoms with van der Waals surface area (Å²) in [4.78, 5) is 19.6. The van der Waals surface area contributed by atoms with Crippen LogP contribution in [0.2, 0.25) is 0 Å². The molecule has 0 saturated heterocycles. The number of H-pyrrole nitrogens is 1. The van der Waals surface area contributed by atoms with Crippen molar-refractivity contribution in [1.82, 2.24) is 25.1 Å². The van der Waals surface area contributed by atoms with Crippen LogP contribution >= 0.6 is 0 Å². The average molecular weight is 309 g/mol. The van der Waals surface area contributed by atoms with E-state index in [1.807, 2.05) is 18.2 Å². The number of imidazole rings is 1. The van der Waals surface area contributed by atoms with Crippen LogP contribution in [0.4, 0.5) is 0 Å². The highest BCUT2D eigenvalue weighted by Gasteiger charge is 2.17. The molecule has 1 amide bonds. The smallest absolute Gasteiger partial charge is 0.269 e. The predicted molar refractivity (Wildman–Crippen MR) is 86.9 cm³/mol. The lowest BCUT2D eigenvalue weighted by Gasteiger charge is -2.18. The molecule has 0 bridgehead atoms. The molecule has 2 N–H and O–H groups in total. The largest absolute Gasteiger partial charge is 0.348 e. The van der Waals surface area contributed by atoms with Crippen LogP contribution < -0.4 is 5.32 Å². The molecule has 118 valence electrons. The summed E-state index contributed by atoms with van der Waals surface area (Å²) in [6, 6.07) is 11.8. The summed E-state index contributed by atoms with van der Waals surface area (Å²) in [5.41, 5.74) is 2.73. The topological polar surface area (TPSA) is 75.6 Å². The molecule has 2 aromatic heterocycles. The van der Waals surface area contributed by atoms with E-state index in [0.717, 1.165) is 12.1 Å². The highest BCUT2D eigenvalue weighted by Crippen LogP contribution is 2.09. The second kappa shape index (κ2) is 6.91. The van der Waals surface area contributed by atoms with Crippen molar-refractivity contribution in [3.8, 4) is 0 Å². The van der Waals surface area contributed by atoms with Gasteiger partial charge in [-0.25, -0.2) is 4.98 Å². The Hall–Kier alpha value is -2.89. The minimum absolute atomic E-state index is 0.0275. The molecule has 2 heterocycles. The number of aromatic nitrogens is 4. The maximum atomic E-state index is 12.5. The second-order valence-electron chi connectivity index (χ2n) is 5.48. The number of aromatic amines is 1. The first-order valence-corrected chi connectivity index (χ1v) is 7.52. The fourth-order valence-corrected chi connectivity index (χ4v) is 2.59. The van der Waals surface area contributed by atoms with Gasteiger partial charge in [-0.05, 0) is 18.1 Å². The van der Waals surface area contributed by atoms with Crippen LogP contribution in [0.25, 0.3) is 0 Å². The second-order valence-corrected chi connectivity index (χ2v) is 5.48. The van der Waals surface area contributed by atoms with Crippen molar-refractivity contribution >= 4 is 5.91 Å². The third-order valence-corrected chi connectivity index (χ3v) is 3.73. The first-order valence-electron chi connectivity index (χ1n) is 7.52. The number of nitrogens with one attached hydrogen (secondary N) is 2. The van der Waals surface area contributed by atoms with Crippen LogP contribution in [0.15, 0.2) is 55.1 Å². The predicted octanol–water partition coefficient (Wildman–Crippen LogP) is 1.73. The lowest BCUT2D eigenvalue weighted by molar-refractivity contribution is 0.0927. The SMILES string of the molecule is Cn1nccc1C(=O)N[C@H](Cc1ccccc1)Cc1cnc[nH]1. The van der Waals surface area contributed by atoms with Crippen molar-refractivity contribution in [3.05, 3.63) is 72.1 Å². The Bertz CT molecular complexity index is 748. The van der Waals surface area contributed by atoms with Gasteiger partial charge in [-0.2, -0.15) is 5.10 Å². The Morgan fingerprint density at radius 1 is 1.26 bits per heavy atom. The third kappa shape index (κ3) is 3.85. The van der Waals surface area contributed by atoms with Gasteiger partial charge in [0.05, 0.1) is 6.33 Å². The summed E-state index contributed by atoms with van der Waals surface area (Å²) in [5, 5.41) is 7.14. The number of carbonyl (C=O) groups excluding carboxylic acids is 1. The van der Waals surface area contributed by atoms with E-state index in [1.165, 1.54) is 5.56 Å². The Morgan fingerprint density at radius 2 is 2.09 bits per heavy atom. The number of amides is 1. The highest BCUT2D eigenvalue weighted by molar-refractivity contribution is 5.92. The Kier molecular flexibility index (Phi) is 4.52. The van der Waals surface area contributed by atoms with E-state index in [1.54, 1.807) is 36.5 Å². The molecule has 1 aromatic carbocycles. The summed E-state index contributed by atoms with van der Waals surface area (Å²) in [5.74, 6) is -0.120. The standard InChI is InChI=1S/C17H19N5O/c1-22-16(7-8-20-22)17(23)21-14(10-15-11-18-12-19-15)9-13-5-3-2-4-6-13/h2-8,11-12,14H,9-10H2,1H3,(H,18,19)(H,21,23)/t14-/m1/s1. The van der Waals surface area contributed by atoms with Crippen LogP contribution in [0.5, 0.6) is 0 Å². The van der Waals surface area contributed by atoms with Gasteiger partial charge < -0.3 is 10.3 Å². The van der Waals surface area contributed by atoms with Gasteiger partial charge in [0.25, 0.3) is 5.91 Å². The minimum atomic E-state index is -0.120. The molecule has 0 aliphatic heterocycles. The molecule has 0 aliphatic carbocycles. The fraction of sp³-hybridized carbons (Fsp3) is 0.235. The minimum Gasteiger partial charge on any atom is -0.348 e. The number of carbonyl (C=O) groups is 1. The molecule has 3 aromatic rings. The Labute approximate surface area is 134 Å². The molecule has 0 unspecified atom stereocenters. The molecule has 0 fully saturated rings. The quantitative estimate of drug-likeness (QED) is 0.728. The molecule has 6 nitrogen and oxygen atoms in total. The number of nitrogens with zero attached hydrogens (tertiary/aromatic N) is 3. The Morgan fingerprint density at radius 3 is 2.74 bits per heavy atom. The average Bonchev–Trinajstić information content (AvgIpc) is 3.19. The monoisotopic (exact) mass is 309 g/mol. The summed E-state index contributed by atoms with van der Waals surface area (Å²) in [6.45, 7) is 0. The first-order chi connectivity index (χ1) is 11.2. The van der Waals surface area contributed by atoms with Gasteiger partial charge in [0.15, 0.2) is 0 Å². The van der Waals surface area contributed by atoms with Gasteiger partial charge >= 0.3 is 0 Å². The third-order valence-electron chi connectivity index (χ3n) is 3.73. The van der Waals surface area contributed by atoms with E-state index in [-0.39, 0.29) is 11.9 Å². The van der Waals surface area contributed by atoms with Gasteiger partial charge in [-0.3, -0.25) is 9.48 Å². The maximum Gasteiger partial charge on any atom is 0.269 e. The summed E-state index contributed by atoms with van der Waals surface area (Å²) < 4.78 is 1.57. The molecule has 0 saturated carbocycles. The zero-order chi connectivity index (χ0) is 16.1. The molecular formula is C17H19N5O. The van der Waals surface area contributed by atoms with Crippen LogP contribution in [-0.2, 0) is 19.9 Å². The fourth-order valence-electron chi connectivity index (χ4n) is 2.59. The lowest BCUT2D eigenvalue weighted by Crippen LogP contribution is -2.39.